The highest BCUT2D eigenvalue weighted by Crippen LogP contribution is 2.49. The summed E-state index contributed by atoms with van der Waals surface area (Å²) < 4.78 is 0. The smallest absolute Gasteiger partial charge is 0.0628 e. The minimum Gasteiger partial charge on any atom is -0.286 e. The minimum atomic E-state index is 0. The summed E-state index contributed by atoms with van der Waals surface area (Å²) in [5.41, 5.74) is 0. The predicted molar refractivity (Wildman–Crippen MR) is 325 cm³/mol. The molecule has 0 radical (unpaired) electrons. The van der Waals surface area contributed by atoms with Crippen LogP contribution in [0.4, 0.5) is 0 Å². The topological polar surface area (TPSA) is 192 Å². The lowest BCUT2D eigenvalue weighted by molar-refractivity contribution is 0.167. The van der Waals surface area contributed by atoms with Crippen molar-refractivity contribution in [2.75, 3.05) is 0 Å². The summed E-state index contributed by atoms with van der Waals surface area (Å²) in [6, 6.07) is 0. The summed E-state index contributed by atoms with van der Waals surface area (Å²) in [6.07, 6.45) is 51.1. The molecule has 18 fully saturated rings. The van der Waals surface area contributed by atoms with Crippen molar-refractivity contribution < 1.29 is 0 Å². The van der Waals surface area contributed by atoms with Gasteiger partial charge in [-0.05, 0) is 197 Å². The van der Waals surface area contributed by atoms with Gasteiger partial charge < -0.3 is 0 Å². The van der Waals surface area contributed by atoms with E-state index in [9.17, 15) is 0 Å². The van der Waals surface area contributed by atoms with Crippen molar-refractivity contribution in [3.8, 4) is 0 Å². The Hall–Kier alpha value is -0.290. The highest BCUT2D eigenvalue weighted by atomic mass is 32.1. The second-order valence-electron chi connectivity index (χ2n) is 31.2. The molecule has 81 heavy (non-hydrogen) atoms. The molecule has 10 aliphatic heterocycles. The van der Waals surface area contributed by atoms with Crippen molar-refractivity contribution >= 4 is 13.5 Å². The van der Waals surface area contributed by atoms with E-state index < -0.39 is 0 Å². The molecule has 18 aliphatic rings. The molecule has 456 valence electrons. The third-order valence-electron chi connectivity index (χ3n) is 27.6. The zero-order valence-corrected chi connectivity index (χ0v) is 50.6. The minimum absolute atomic E-state index is 0. The monoisotopic (exact) mass is 1140 g/mol. The zero-order chi connectivity index (χ0) is 52.4. The van der Waals surface area contributed by atoms with Gasteiger partial charge >= 0.3 is 0 Å². The highest BCUT2D eigenvalue weighted by Gasteiger charge is 2.57. The Balaban J connectivity index is 0.000000132. The van der Waals surface area contributed by atoms with Crippen LogP contribution in [0.2, 0.25) is 0 Å². The maximum absolute atomic E-state index is 4.26. The van der Waals surface area contributed by atoms with Gasteiger partial charge in [-0.3, -0.25) is 85.1 Å². The van der Waals surface area contributed by atoms with Crippen LogP contribution in [-0.2, 0) is 0 Å². The molecule has 0 spiro atoms. The lowest BCUT2D eigenvalue weighted by Gasteiger charge is -2.35. The first-order valence-corrected chi connectivity index (χ1v) is 35.8. The summed E-state index contributed by atoms with van der Waals surface area (Å²) in [6.45, 7) is 0. The molecule has 0 aromatic rings. The van der Waals surface area contributed by atoms with E-state index in [2.05, 4.69) is 85.1 Å². The van der Waals surface area contributed by atoms with Crippen molar-refractivity contribution in [3.63, 3.8) is 0 Å². The average molecular weight is 1140 g/mol. The van der Waals surface area contributed by atoms with Crippen LogP contribution in [0.3, 0.4) is 0 Å². The van der Waals surface area contributed by atoms with Gasteiger partial charge in [-0.2, -0.15) is 13.5 Å². The number of fused-ring (bicyclic) bond motifs is 40. The van der Waals surface area contributed by atoms with E-state index in [0.29, 0.717) is 98.7 Å². The van der Waals surface area contributed by atoms with Gasteiger partial charge in [-0.15, -0.1) is 0 Å². The average Bonchev–Trinajstić information content (AvgIpc) is 4.47. The third kappa shape index (κ3) is 10.3. The van der Waals surface area contributed by atoms with Gasteiger partial charge in [0.25, 0.3) is 0 Å². The fourth-order valence-corrected chi connectivity index (χ4v) is 23.9. The molecule has 16 N–H and O–H groups in total. The summed E-state index contributed by atoms with van der Waals surface area (Å²) in [7, 11) is 0. The summed E-state index contributed by atoms with van der Waals surface area (Å²) in [5.74, 6) is 11.9. The van der Waals surface area contributed by atoms with E-state index in [-0.39, 0.29) is 13.5 Å². The first kappa shape index (κ1) is 56.0. The molecule has 16 atom stereocenters. The van der Waals surface area contributed by atoms with Gasteiger partial charge in [0.15, 0.2) is 0 Å². The van der Waals surface area contributed by atoms with Crippen molar-refractivity contribution in [1.82, 2.24) is 85.1 Å². The van der Waals surface area contributed by atoms with Gasteiger partial charge in [-0.25, -0.2) is 0 Å². The first-order valence-electron chi connectivity index (χ1n) is 35.8. The lowest BCUT2D eigenvalue weighted by atomic mass is 9.76. The second kappa shape index (κ2) is 23.9. The second-order valence-corrected chi connectivity index (χ2v) is 31.2. The molecule has 8 saturated carbocycles. The summed E-state index contributed by atoms with van der Waals surface area (Å²) >= 11 is 0. The molecule has 10 saturated heterocycles. The van der Waals surface area contributed by atoms with E-state index in [4.69, 9.17) is 0 Å². The largest absolute Gasteiger partial charge is 0.286 e. The van der Waals surface area contributed by atoms with E-state index >= 15 is 0 Å². The molecule has 8 aliphatic carbocycles. The van der Waals surface area contributed by atoms with Crippen LogP contribution in [0.5, 0.6) is 0 Å². The molecule has 16 bridgehead atoms. The molecule has 18 rings (SSSR count). The van der Waals surface area contributed by atoms with Gasteiger partial charge in [0.05, 0.1) is 98.7 Å². The number of nitrogens with one attached hydrogen (secondary N) is 16. The van der Waals surface area contributed by atoms with E-state index in [1.165, 1.54) is 205 Å². The fourth-order valence-electron chi connectivity index (χ4n) is 23.9. The van der Waals surface area contributed by atoms with Crippen LogP contribution < -0.4 is 85.1 Å². The highest BCUT2D eigenvalue weighted by molar-refractivity contribution is 7.59. The van der Waals surface area contributed by atoms with Crippen LogP contribution in [0, 0.1) is 94.7 Å². The fraction of sp³-hybridized carbons (Fsp3) is 1.00. The van der Waals surface area contributed by atoms with Crippen molar-refractivity contribution in [3.05, 3.63) is 0 Å². The Bertz CT molecular complexity index is 1570. The van der Waals surface area contributed by atoms with E-state index in [1.54, 1.807) is 0 Å². The lowest BCUT2D eigenvalue weighted by Crippen LogP contribution is -2.61. The first-order chi connectivity index (χ1) is 39.6. The Morgan fingerprint density at radius 3 is 0.235 bits per heavy atom. The molecular formula is C64H114N16S. The molecule has 0 aromatic carbocycles. The molecular weight excluding hydrogens is 1020 g/mol. The van der Waals surface area contributed by atoms with Gasteiger partial charge in [-0.1, -0.05) is 103 Å². The van der Waals surface area contributed by atoms with Crippen molar-refractivity contribution in [2.45, 2.75) is 304 Å². The Kier molecular flexibility index (Phi) is 16.5. The number of hydrogen-bond donors (Lipinski definition) is 16. The van der Waals surface area contributed by atoms with Crippen molar-refractivity contribution in [2.24, 2.45) is 94.7 Å². The maximum atomic E-state index is 4.26. The molecule has 10 heterocycles. The molecule has 16 unspecified atom stereocenters. The molecule has 16 nitrogen and oxygen atoms in total. The van der Waals surface area contributed by atoms with E-state index in [0.717, 1.165) is 94.7 Å². The number of rotatable bonds is 0. The summed E-state index contributed by atoms with van der Waals surface area (Å²) in [4.78, 5) is 0. The van der Waals surface area contributed by atoms with Crippen LogP contribution in [-0.4, -0.2) is 98.7 Å². The SMILES string of the molecule is C1CCC2C3NC(NC4NC(NC5NC(NC6NC(N3)C3CCCCC63)C3CCCCC53)C3CCCCC43)C2C1.C1CCC2C3NC(NC4NC(NC5NC(NC6NC(N3)C3CCCCC63)C3CCCCC53)C3CCCCC43)C2C1.S. The maximum Gasteiger partial charge on any atom is 0.0628 e. The normalized spacial score (nSPS) is 56.9. The Labute approximate surface area is 495 Å². The molecule has 0 amide bonds. The van der Waals surface area contributed by atoms with Crippen LogP contribution in [0.25, 0.3) is 0 Å². The van der Waals surface area contributed by atoms with Gasteiger partial charge in [0, 0.05) is 0 Å². The predicted octanol–water partition coefficient (Wildman–Crippen LogP) is 5.32. The molecule has 17 heteroatoms. The van der Waals surface area contributed by atoms with Crippen LogP contribution >= 0.6 is 13.5 Å². The molecule has 0 aromatic heterocycles. The standard InChI is InChI=1S/2C32H56N8.H2S/c2*1-2-10-18-17(9-1)25-33-26(18)38-28-21-13-5-6-14-22(21)30(35-28)40-32-24-16-8-7-15-23(24)31(36-32)39-29-20-12-4-3-11-19(20)27(34-29)37-25;/h2*17-40H,1-16H2;1H2. The van der Waals surface area contributed by atoms with Crippen LogP contribution in [0.1, 0.15) is 205 Å². The van der Waals surface area contributed by atoms with Crippen LogP contribution in [0.15, 0.2) is 0 Å². The summed E-state index contributed by atoms with van der Waals surface area (Å²) in [5, 5.41) is 67.6. The van der Waals surface area contributed by atoms with E-state index in [1.807, 2.05) is 0 Å². The Morgan fingerprint density at radius 2 is 0.173 bits per heavy atom. The quantitative estimate of drug-likeness (QED) is 0.149. The third-order valence-corrected chi connectivity index (χ3v) is 27.6. The number of hydrogen-bond acceptors (Lipinski definition) is 16. The van der Waals surface area contributed by atoms with Gasteiger partial charge in [0.2, 0.25) is 0 Å². The van der Waals surface area contributed by atoms with Crippen molar-refractivity contribution in [1.29, 1.82) is 0 Å². The Morgan fingerprint density at radius 1 is 0.111 bits per heavy atom. The van der Waals surface area contributed by atoms with Gasteiger partial charge in [0.1, 0.15) is 0 Å². The zero-order valence-electron chi connectivity index (χ0n) is 49.6.